The van der Waals surface area contributed by atoms with Crippen molar-refractivity contribution in [3.8, 4) is 5.75 Å². The number of aromatic nitrogens is 1. The van der Waals surface area contributed by atoms with Gasteiger partial charge in [-0.2, -0.15) is 0 Å². The van der Waals surface area contributed by atoms with E-state index in [1.54, 1.807) is 37.2 Å². The highest BCUT2D eigenvalue weighted by molar-refractivity contribution is 7.98. The zero-order valence-electron chi connectivity index (χ0n) is 14.1. The van der Waals surface area contributed by atoms with Crippen LogP contribution in [0.4, 0.5) is 5.69 Å². The number of methoxy groups -OCH3 is 1. The maximum Gasteiger partial charge on any atom is 0.257 e. The molecule has 0 fully saturated rings. The summed E-state index contributed by atoms with van der Waals surface area (Å²) >= 11 is 7.78. The average molecular weight is 373 g/mol. The van der Waals surface area contributed by atoms with Crippen LogP contribution < -0.4 is 10.1 Å². The van der Waals surface area contributed by atoms with Crippen LogP contribution in [0.3, 0.4) is 0 Å². The number of para-hydroxylation sites is 1. The Morgan fingerprint density at radius 1 is 1.28 bits per heavy atom. The van der Waals surface area contributed by atoms with Crippen LogP contribution in [0.1, 0.15) is 15.9 Å². The van der Waals surface area contributed by atoms with E-state index in [1.165, 1.54) is 0 Å². The van der Waals surface area contributed by atoms with Crippen molar-refractivity contribution in [1.29, 1.82) is 0 Å². The van der Waals surface area contributed by atoms with Crippen LogP contribution in [0.2, 0.25) is 5.02 Å². The van der Waals surface area contributed by atoms with E-state index in [0.29, 0.717) is 27.5 Å². The predicted molar refractivity (Wildman–Crippen MR) is 104 cm³/mol. The minimum Gasteiger partial charge on any atom is -0.494 e. The molecule has 1 amide bonds. The number of amides is 1. The number of thioether (sulfide) groups is 1. The molecule has 1 heterocycles. The quantitative estimate of drug-likeness (QED) is 0.641. The first-order chi connectivity index (χ1) is 12.0. The van der Waals surface area contributed by atoms with E-state index in [9.17, 15) is 4.79 Å². The van der Waals surface area contributed by atoms with Gasteiger partial charge >= 0.3 is 0 Å². The van der Waals surface area contributed by atoms with Gasteiger partial charge < -0.3 is 10.1 Å². The molecule has 0 saturated heterocycles. The Morgan fingerprint density at radius 2 is 2.08 bits per heavy atom. The van der Waals surface area contributed by atoms with Crippen molar-refractivity contribution in [3.63, 3.8) is 0 Å². The first kappa shape index (κ1) is 17.6. The zero-order chi connectivity index (χ0) is 18.0. The highest BCUT2D eigenvalue weighted by Crippen LogP contribution is 2.32. The minimum absolute atomic E-state index is 0.251. The fraction of sp³-hybridized carbons (Fsp3) is 0.158. The van der Waals surface area contributed by atoms with Crippen molar-refractivity contribution in [2.24, 2.45) is 0 Å². The molecule has 1 N–H and O–H groups in total. The lowest BCUT2D eigenvalue weighted by molar-refractivity contribution is 0.102. The van der Waals surface area contributed by atoms with Gasteiger partial charge in [-0.05, 0) is 43.0 Å². The molecule has 0 saturated carbocycles. The molecule has 0 radical (unpaired) electrons. The number of ether oxygens (including phenoxy) is 1. The molecule has 2 aromatic carbocycles. The number of nitrogens with zero attached hydrogens (tertiary/aromatic N) is 1. The van der Waals surface area contributed by atoms with Crippen LogP contribution >= 0.6 is 23.4 Å². The van der Waals surface area contributed by atoms with Crippen LogP contribution in [0.15, 0.2) is 47.5 Å². The van der Waals surface area contributed by atoms with E-state index < -0.39 is 0 Å². The Morgan fingerprint density at radius 3 is 2.80 bits per heavy atom. The number of carbonyl (C=O) groups excluding carboxylic acids is 1. The number of fused-ring (bicyclic) bond motifs is 1. The van der Waals surface area contributed by atoms with Gasteiger partial charge in [0.15, 0.2) is 0 Å². The average Bonchev–Trinajstić information content (AvgIpc) is 2.63. The van der Waals surface area contributed by atoms with Crippen molar-refractivity contribution in [1.82, 2.24) is 4.98 Å². The largest absolute Gasteiger partial charge is 0.494 e. The van der Waals surface area contributed by atoms with Crippen LogP contribution in [0, 0.1) is 6.92 Å². The standard InChI is InChI=1S/C19H17ClN2O2S/c1-11-10-21-18-13(5-4-6-16(18)24-2)17(11)22-19(23)14-9-12(25-3)7-8-15(14)20/h4-10H,1-3H3,(H,21,22,23). The highest BCUT2D eigenvalue weighted by atomic mass is 35.5. The van der Waals surface area contributed by atoms with Gasteiger partial charge in [0.2, 0.25) is 0 Å². The smallest absolute Gasteiger partial charge is 0.257 e. The molecule has 3 rings (SSSR count). The van der Waals surface area contributed by atoms with Gasteiger partial charge in [-0.1, -0.05) is 23.7 Å². The van der Waals surface area contributed by atoms with Crippen LogP contribution in [0.5, 0.6) is 5.75 Å². The molecule has 3 aromatic rings. The number of rotatable bonds is 4. The first-order valence-electron chi connectivity index (χ1n) is 7.62. The lowest BCUT2D eigenvalue weighted by Gasteiger charge is -2.14. The van der Waals surface area contributed by atoms with E-state index in [4.69, 9.17) is 16.3 Å². The second-order valence-corrected chi connectivity index (χ2v) is 6.76. The molecule has 6 heteroatoms. The van der Waals surface area contributed by atoms with E-state index in [1.807, 2.05) is 37.4 Å². The molecule has 0 unspecified atom stereocenters. The molecule has 0 aliphatic carbocycles. The Labute approximate surface area is 155 Å². The van der Waals surface area contributed by atoms with Crippen LogP contribution in [0.25, 0.3) is 10.9 Å². The van der Waals surface area contributed by atoms with Gasteiger partial charge in [0, 0.05) is 16.5 Å². The normalized spacial score (nSPS) is 10.7. The third-order valence-electron chi connectivity index (χ3n) is 3.93. The van der Waals surface area contributed by atoms with Crippen LogP contribution in [-0.2, 0) is 0 Å². The summed E-state index contributed by atoms with van der Waals surface area (Å²) in [6, 6.07) is 11.0. The Hall–Kier alpha value is -2.24. The molecule has 128 valence electrons. The second kappa shape index (κ2) is 7.33. The predicted octanol–water partition coefficient (Wildman–Crippen LogP) is 5.18. The molecule has 0 aliphatic rings. The summed E-state index contributed by atoms with van der Waals surface area (Å²) in [6.07, 6.45) is 3.68. The Balaban J connectivity index is 2.06. The monoisotopic (exact) mass is 372 g/mol. The molecular weight excluding hydrogens is 356 g/mol. The molecular formula is C19H17ClN2O2S. The number of benzene rings is 2. The van der Waals surface area contributed by atoms with E-state index in [0.717, 1.165) is 15.8 Å². The molecule has 1 aromatic heterocycles. The lowest BCUT2D eigenvalue weighted by Crippen LogP contribution is -2.14. The maximum absolute atomic E-state index is 12.8. The van der Waals surface area contributed by atoms with Crippen molar-refractivity contribution in [2.75, 3.05) is 18.7 Å². The second-order valence-electron chi connectivity index (χ2n) is 5.47. The first-order valence-corrected chi connectivity index (χ1v) is 9.22. The fourth-order valence-corrected chi connectivity index (χ4v) is 3.26. The maximum atomic E-state index is 12.8. The van der Waals surface area contributed by atoms with Crippen molar-refractivity contribution >= 4 is 45.9 Å². The molecule has 25 heavy (non-hydrogen) atoms. The third kappa shape index (κ3) is 3.43. The number of halogens is 1. The van der Waals surface area contributed by atoms with Gasteiger partial charge in [-0.3, -0.25) is 9.78 Å². The fourth-order valence-electron chi connectivity index (χ4n) is 2.61. The minimum atomic E-state index is -0.251. The number of carbonyl (C=O) groups is 1. The summed E-state index contributed by atoms with van der Waals surface area (Å²) in [5, 5.41) is 4.23. The van der Waals surface area contributed by atoms with E-state index >= 15 is 0 Å². The van der Waals surface area contributed by atoms with Gasteiger partial charge in [0.25, 0.3) is 5.91 Å². The van der Waals surface area contributed by atoms with Crippen LogP contribution in [-0.4, -0.2) is 24.3 Å². The number of hydrogen-bond acceptors (Lipinski definition) is 4. The summed E-state index contributed by atoms with van der Waals surface area (Å²) < 4.78 is 5.36. The Bertz CT molecular complexity index is 960. The number of nitrogens with one attached hydrogen (secondary N) is 1. The topological polar surface area (TPSA) is 51.2 Å². The molecule has 0 spiro atoms. The molecule has 0 bridgehead atoms. The van der Waals surface area contributed by atoms with E-state index in [2.05, 4.69) is 10.3 Å². The number of aryl methyl sites for hydroxylation is 1. The third-order valence-corrected chi connectivity index (χ3v) is 4.98. The summed E-state index contributed by atoms with van der Waals surface area (Å²) in [6.45, 7) is 1.90. The van der Waals surface area contributed by atoms with Gasteiger partial charge in [-0.15, -0.1) is 11.8 Å². The van der Waals surface area contributed by atoms with Gasteiger partial charge in [0.05, 0.1) is 23.4 Å². The number of hydrogen-bond donors (Lipinski definition) is 1. The molecule has 4 nitrogen and oxygen atoms in total. The van der Waals surface area contributed by atoms with Crippen molar-refractivity contribution in [2.45, 2.75) is 11.8 Å². The molecule has 0 atom stereocenters. The Kier molecular flexibility index (Phi) is 5.16. The van der Waals surface area contributed by atoms with Crippen molar-refractivity contribution < 1.29 is 9.53 Å². The number of anilines is 1. The summed E-state index contributed by atoms with van der Waals surface area (Å²) in [5.74, 6) is 0.412. The molecule has 0 aliphatic heterocycles. The lowest BCUT2D eigenvalue weighted by atomic mass is 10.1. The van der Waals surface area contributed by atoms with E-state index in [-0.39, 0.29) is 5.91 Å². The van der Waals surface area contributed by atoms with Crippen molar-refractivity contribution in [3.05, 3.63) is 58.7 Å². The van der Waals surface area contributed by atoms with Gasteiger partial charge in [-0.25, -0.2) is 0 Å². The number of pyridine rings is 1. The zero-order valence-corrected chi connectivity index (χ0v) is 15.7. The van der Waals surface area contributed by atoms with Gasteiger partial charge in [0.1, 0.15) is 11.3 Å². The summed E-state index contributed by atoms with van der Waals surface area (Å²) in [5.41, 5.74) is 2.72. The summed E-state index contributed by atoms with van der Waals surface area (Å²) in [7, 11) is 1.60. The highest BCUT2D eigenvalue weighted by Gasteiger charge is 2.16. The summed E-state index contributed by atoms with van der Waals surface area (Å²) in [4.78, 5) is 18.2. The SMILES string of the molecule is COc1cccc2c(NC(=O)c3cc(SC)ccc3Cl)c(C)cnc12.